The van der Waals surface area contributed by atoms with Crippen LogP contribution in [0.5, 0.6) is 11.5 Å². The average molecular weight is 260 g/mol. The van der Waals surface area contributed by atoms with Crippen molar-refractivity contribution in [2.45, 2.75) is 26.2 Å². The second-order valence-corrected chi connectivity index (χ2v) is 6.14. The molecule has 0 saturated carbocycles. The molecule has 0 unspecified atom stereocenters. The van der Waals surface area contributed by atoms with Crippen molar-refractivity contribution in [1.29, 1.82) is 0 Å². The topological polar surface area (TPSA) is 60.7 Å². The van der Waals surface area contributed by atoms with Gasteiger partial charge in [0.25, 0.3) is 9.76 Å². The van der Waals surface area contributed by atoms with E-state index in [4.69, 9.17) is 0 Å². The maximum absolute atomic E-state index is 9.79. The maximum atomic E-state index is 9.79. The molecule has 2 rings (SSSR count). The van der Waals surface area contributed by atoms with Crippen LogP contribution in [0, 0.1) is 0 Å². The Balaban J connectivity index is 2.80. The van der Waals surface area contributed by atoms with Crippen LogP contribution in [-0.2, 0) is 5.41 Å². The van der Waals surface area contributed by atoms with Gasteiger partial charge in [0.15, 0.2) is 11.5 Å². The Hall–Kier alpha value is -1.52. The Kier molecular flexibility index (Phi) is 3.08. The first-order chi connectivity index (χ1) is 8.34. The molecule has 2 aromatic rings. The van der Waals surface area contributed by atoms with Gasteiger partial charge in [0.2, 0.25) is 0 Å². The third kappa shape index (κ3) is 2.09. The fourth-order valence-electron chi connectivity index (χ4n) is 1.95. The first kappa shape index (κ1) is 12.9. The number of hydrogen-bond acceptors (Lipinski definition) is 3. The maximum Gasteiger partial charge on any atom is 0.270 e. The van der Waals surface area contributed by atoms with Crippen molar-refractivity contribution in [3.05, 3.63) is 29.8 Å². The molecule has 94 valence electrons. The van der Waals surface area contributed by atoms with Gasteiger partial charge in [-0.2, -0.15) is 0 Å². The van der Waals surface area contributed by atoms with E-state index in [1.54, 1.807) is 0 Å². The third-order valence-electron chi connectivity index (χ3n) is 3.07. The van der Waals surface area contributed by atoms with Crippen molar-refractivity contribution in [2.24, 2.45) is 0 Å². The fraction of sp³-hybridized carbons (Fsp3) is 0.286. The number of benzene rings is 2. The minimum Gasteiger partial charge on any atom is -0.504 e. The summed E-state index contributed by atoms with van der Waals surface area (Å²) in [5, 5.41) is 21.4. The summed E-state index contributed by atoms with van der Waals surface area (Å²) in [4.78, 5) is 9.39. The van der Waals surface area contributed by atoms with Gasteiger partial charge in [0.05, 0.1) is 0 Å². The molecular formula is C14H16O3Si. The zero-order valence-electron chi connectivity index (χ0n) is 10.7. The minimum absolute atomic E-state index is 0.00245. The molecule has 0 spiro atoms. The highest BCUT2D eigenvalue weighted by molar-refractivity contribution is 6.51. The van der Waals surface area contributed by atoms with Crippen LogP contribution in [0.2, 0.25) is 0 Å². The van der Waals surface area contributed by atoms with E-state index in [2.05, 4.69) is 20.8 Å². The lowest BCUT2D eigenvalue weighted by Gasteiger charge is -2.20. The van der Waals surface area contributed by atoms with Gasteiger partial charge >= 0.3 is 0 Å². The SMILES string of the molecule is CC(C)(C)c1ccc2cc(O)c(O)c([Si]O)c2c1. The standard InChI is InChI=1S/C14H16O3Si/c1-14(2,3)9-5-4-8-6-11(15)12(16)13(18-17)10(8)7-9/h4-7,15-17H,1-3H3. The molecule has 0 aliphatic heterocycles. The van der Waals surface area contributed by atoms with Gasteiger partial charge in [-0.25, -0.2) is 0 Å². The summed E-state index contributed by atoms with van der Waals surface area (Å²) >= 11 is 0. The Morgan fingerprint density at radius 2 is 1.72 bits per heavy atom. The number of fused-ring (bicyclic) bond motifs is 1. The molecule has 2 radical (unpaired) electrons. The van der Waals surface area contributed by atoms with Crippen LogP contribution < -0.4 is 5.19 Å². The van der Waals surface area contributed by atoms with E-state index >= 15 is 0 Å². The van der Waals surface area contributed by atoms with Crippen molar-refractivity contribution in [3.8, 4) is 11.5 Å². The summed E-state index contributed by atoms with van der Waals surface area (Å²) in [5.74, 6) is -0.419. The molecule has 0 amide bonds. The van der Waals surface area contributed by atoms with Crippen LogP contribution >= 0.6 is 0 Å². The molecule has 3 N–H and O–H groups in total. The molecule has 0 saturated heterocycles. The second-order valence-electron chi connectivity index (χ2n) is 5.42. The summed E-state index contributed by atoms with van der Waals surface area (Å²) in [7, 11) is -0.551. The number of phenols is 2. The lowest BCUT2D eigenvalue weighted by Crippen LogP contribution is -2.17. The van der Waals surface area contributed by atoms with Crippen molar-refractivity contribution in [3.63, 3.8) is 0 Å². The molecule has 4 heteroatoms. The van der Waals surface area contributed by atoms with Gasteiger partial charge in [0.1, 0.15) is 0 Å². The van der Waals surface area contributed by atoms with Gasteiger partial charge in [0, 0.05) is 5.19 Å². The van der Waals surface area contributed by atoms with Gasteiger partial charge in [-0.05, 0) is 27.8 Å². The van der Waals surface area contributed by atoms with Crippen LogP contribution in [-0.4, -0.2) is 24.8 Å². The Morgan fingerprint density at radius 3 is 2.28 bits per heavy atom. The first-order valence-corrected chi connectivity index (χ1v) is 6.68. The van der Waals surface area contributed by atoms with Crippen molar-refractivity contribution < 1.29 is 15.0 Å². The van der Waals surface area contributed by atoms with Crippen LogP contribution in [0.1, 0.15) is 26.3 Å². The highest BCUT2D eigenvalue weighted by Crippen LogP contribution is 2.31. The summed E-state index contributed by atoms with van der Waals surface area (Å²) in [6, 6.07) is 7.38. The molecule has 0 aromatic heterocycles. The quantitative estimate of drug-likeness (QED) is 0.541. The molecular weight excluding hydrogens is 244 g/mol. The van der Waals surface area contributed by atoms with E-state index < -0.39 is 9.76 Å². The summed E-state index contributed by atoms with van der Waals surface area (Å²) < 4.78 is 0. The van der Waals surface area contributed by atoms with E-state index in [1.165, 1.54) is 6.07 Å². The van der Waals surface area contributed by atoms with Gasteiger partial charge in [-0.15, -0.1) is 0 Å². The van der Waals surface area contributed by atoms with Crippen LogP contribution in [0.4, 0.5) is 0 Å². The molecule has 0 aliphatic rings. The largest absolute Gasteiger partial charge is 0.504 e. The zero-order chi connectivity index (χ0) is 13.5. The van der Waals surface area contributed by atoms with Crippen LogP contribution in [0.15, 0.2) is 24.3 Å². The van der Waals surface area contributed by atoms with Gasteiger partial charge in [-0.3, -0.25) is 0 Å². The molecule has 3 nitrogen and oxygen atoms in total. The summed E-state index contributed by atoms with van der Waals surface area (Å²) in [5.41, 5.74) is 1.12. The zero-order valence-corrected chi connectivity index (χ0v) is 11.7. The molecule has 0 aliphatic carbocycles. The van der Waals surface area contributed by atoms with Crippen molar-refractivity contribution >= 4 is 25.7 Å². The van der Waals surface area contributed by atoms with Crippen molar-refractivity contribution in [2.75, 3.05) is 0 Å². The minimum atomic E-state index is -0.551. The van der Waals surface area contributed by atoms with E-state index in [1.807, 2.05) is 18.2 Å². The smallest absolute Gasteiger partial charge is 0.270 e. The predicted octanol–water partition coefficient (Wildman–Crippen LogP) is 1.79. The highest BCUT2D eigenvalue weighted by atomic mass is 28.2. The Bertz CT molecular complexity index is 600. The van der Waals surface area contributed by atoms with E-state index in [9.17, 15) is 15.0 Å². The molecule has 0 heterocycles. The van der Waals surface area contributed by atoms with E-state index in [0.29, 0.717) is 5.19 Å². The number of aromatic hydroxyl groups is 2. The summed E-state index contributed by atoms with van der Waals surface area (Å²) in [6.07, 6.45) is 0. The Morgan fingerprint density at radius 1 is 1.06 bits per heavy atom. The lowest BCUT2D eigenvalue weighted by atomic mass is 9.86. The predicted molar refractivity (Wildman–Crippen MR) is 73.6 cm³/mol. The second kappa shape index (κ2) is 4.30. The Labute approximate surface area is 109 Å². The number of rotatable bonds is 1. The number of hydrogen-bond donors (Lipinski definition) is 3. The van der Waals surface area contributed by atoms with E-state index in [-0.39, 0.29) is 16.9 Å². The average Bonchev–Trinajstić information content (AvgIpc) is 2.29. The summed E-state index contributed by atoms with van der Waals surface area (Å²) in [6.45, 7) is 6.32. The van der Waals surface area contributed by atoms with E-state index in [0.717, 1.165) is 16.3 Å². The van der Waals surface area contributed by atoms with Gasteiger partial charge < -0.3 is 15.0 Å². The normalized spacial score (nSPS) is 12.0. The highest BCUT2D eigenvalue weighted by Gasteiger charge is 2.17. The van der Waals surface area contributed by atoms with Crippen LogP contribution in [0.25, 0.3) is 10.8 Å². The molecule has 0 bridgehead atoms. The fourth-order valence-corrected chi connectivity index (χ4v) is 2.52. The molecule has 2 aromatic carbocycles. The lowest BCUT2D eigenvalue weighted by molar-refractivity contribution is 0.407. The third-order valence-corrected chi connectivity index (χ3v) is 3.80. The van der Waals surface area contributed by atoms with Crippen LogP contribution in [0.3, 0.4) is 0 Å². The first-order valence-electron chi connectivity index (χ1n) is 5.74. The number of phenolic OH excluding ortho intramolecular Hbond substituents is 2. The molecule has 18 heavy (non-hydrogen) atoms. The van der Waals surface area contributed by atoms with Gasteiger partial charge in [-0.1, -0.05) is 39.0 Å². The molecule has 0 fully saturated rings. The monoisotopic (exact) mass is 260 g/mol. The molecule has 0 atom stereocenters. The van der Waals surface area contributed by atoms with Crippen molar-refractivity contribution in [1.82, 2.24) is 0 Å².